The van der Waals surface area contributed by atoms with Gasteiger partial charge in [-0.1, -0.05) is 13.3 Å². The van der Waals surface area contributed by atoms with Gasteiger partial charge in [0.15, 0.2) is 5.82 Å². The second-order valence-electron chi connectivity index (χ2n) is 4.42. The van der Waals surface area contributed by atoms with Crippen molar-refractivity contribution < 1.29 is 0 Å². The molecule has 3 aromatic rings. The lowest BCUT2D eigenvalue weighted by molar-refractivity contribution is 0.795. The Labute approximate surface area is 109 Å². The lowest BCUT2D eigenvalue weighted by atomic mass is 10.2. The van der Waals surface area contributed by atoms with Crippen molar-refractivity contribution in [1.82, 2.24) is 19.7 Å². The fraction of sp³-hybridized carbons (Fsp3) is 0.214. The van der Waals surface area contributed by atoms with Gasteiger partial charge in [0.05, 0.1) is 11.2 Å². The topological polar surface area (TPSA) is 63.6 Å². The first-order chi connectivity index (χ1) is 9.28. The number of pyridine rings is 2. The standard InChI is InChI=1S/C14H14N4O/c1-2-3-10-7-9-18(17-10)14-11-4-5-13(19)16-12(11)6-8-15-14/h4-9H,2-3H2,1H3,(H,16,19). The lowest BCUT2D eigenvalue weighted by Gasteiger charge is -2.04. The van der Waals surface area contributed by atoms with Crippen molar-refractivity contribution in [2.75, 3.05) is 0 Å². The summed E-state index contributed by atoms with van der Waals surface area (Å²) in [5, 5.41) is 5.39. The second-order valence-corrected chi connectivity index (χ2v) is 4.42. The largest absolute Gasteiger partial charge is 0.322 e. The summed E-state index contributed by atoms with van der Waals surface area (Å²) in [6, 6.07) is 7.06. The van der Waals surface area contributed by atoms with Gasteiger partial charge in [-0.25, -0.2) is 9.67 Å². The van der Waals surface area contributed by atoms with E-state index in [1.165, 1.54) is 6.07 Å². The van der Waals surface area contributed by atoms with E-state index in [4.69, 9.17) is 0 Å². The molecule has 96 valence electrons. The molecule has 0 aliphatic heterocycles. The lowest BCUT2D eigenvalue weighted by Crippen LogP contribution is -2.06. The summed E-state index contributed by atoms with van der Waals surface area (Å²) in [5.41, 5.74) is 1.70. The van der Waals surface area contributed by atoms with Gasteiger partial charge in [0.25, 0.3) is 0 Å². The van der Waals surface area contributed by atoms with Crippen molar-refractivity contribution in [2.45, 2.75) is 19.8 Å². The molecule has 0 unspecified atom stereocenters. The minimum Gasteiger partial charge on any atom is -0.322 e. The molecule has 5 heteroatoms. The molecule has 3 heterocycles. The maximum Gasteiger partial charge on any atom is 0.248 e. The highest BCUT2D eigenvalue weighted by atomic mass is 16.1. The molecule has 1 N–H and O–H groups in total. The van der Waals surface area contributed by atoms with Crippen LogP contribution in [0.4, 0.5) is 0 Å². The molecule has 0 fully saturated rings. The van der Waals surface area contributed by atoms with Crippen LogP contribution in [-0.4, -0.2) is 19.7 Å². The van der Waals surface area contributed by atoms with Gasteiger partial charge in [0, 0.05) is 23.8 Å². The van der Waals surface area contributed by atoms with Gasteiger partial charge in [0.1, 0.15) is 0 Å². The van der Waals surface area contributed by atoms with Gasteiger partial charge >= 0.3 is 0 Å². The van der Waals surface area contributed by atoms with E-state index >= 15 is 0 Å². The van der Waals surface area contributed by atoms with Crippen LogP contribution >= 0.6 is 0 Å². The highest BCUT2D eigenvalue weighted by molar-refractivity contribution is 5.84. The minimum atomic E-state index is -0.114. The molecule has 0 amide bonds. The van der Waals surface area contributed by atoms with Crippen LogP contribution in [-0.2, 0) is 6.42 Å². The zero-order valence-electron chi connectivity index (χ0n) is 10.6. The predicted molar refractivity (Wildman–Crippen MR) is 73.5 cm³/mol. The summed E-state index contributed by atoms with van der Waals surface area (Å²) in [7, 11) is 0. The Bertz CT molecular complexity index is 772. The molecular weight excluding hydrogens is 240 g/mol. The maximum absolute atomic E-state index is 11.3. The van der Waals surface area contributed by atoms with Crippen LogP contribution in [0.3, 0.4) is 0 Å². The van der Waals surface area contributed by atoms with Crippen LogP contribution in [0.25, 0.3) is 16.7 Å². The van der Waals surface area contributed by atoms with Crippen LogP contribution < -0.4 is 5.56 Å². The summed E-state index contributed by atoms with van der Waals surface area (Å²) < 4.78 is 1.76. The van der Waals surface area contributed by atoms with Gasteiger partial charge in [-0.2, -0.15) is 5.10 Å². The smallest absolute Gasteiger partial charge is 0.248 e. The Kier molecular flexibility index (Phi) is 2.87. The zero-order valence-corrected chi connectivity index (χ0v) is 10.6. The number of hydrogen-bond donors (Lipinski definition) is 1. The third-order valence-corrected chi connectivity index (χ3v) is 3.00. The number of fused-ring (bicyclic) bond motifs is 1. The van der Waals surface area contributed by atoms with E-state index in [1.54, 1.807) is 23.0 Å². The summed E-state index contributed by atoms with van der Waals surface area (Å²) >= 11 is 0. The van der Waals surface area contributed by atoms with Crippen molar-refractivity contribution in [2.24, 2.45) is 0 Å². The molecule has 0 saturated carbocycles. The molecule has 0 aliphatic carbocycles. The average molecular weight is 254 g/mol. The van der Waals surface area contributed by atoms with E-state index in [0.29, 0.717) is 0 Å². The van der Waals surface area contributed by atoms with Gasteiger partial charge in [-0.05, 0) is 24.6 Å². The first-order valence-electron chi connectivity index (χ1n) is 6.31. The molecule has 3 rings (SSSR count). The monoisotopic (exact) mass is 254 g/mol. The number of nitrogens with one attached hydrogen (secondary N) is 1. The van der Waals surface area contributed by atoms with E-state index in [0.717, 1.165) is 35.3 Å². The van der Waals surface area contributed by atoms with Gasteiger partial charge < -0.3 is 4.98 Å². The molecule has 19 heavy (non-hydrogen) atoms. The van der Waals surface area contributed by atoms with Gasteiger partial charge in [-0.15, -0.1) is 0 Å². The number of aryl methyl sites for hydroxylation is 1. The molecule has 0 aliphatic rings. The van der Waals surface area contributed by atoms with Gasteiger partial charge in [0.2, 0.25) is 5.56 Å². The SMILES string of the molecule is CCCc1ccn(-c2nccc3[nH]c(=O)ccc23)n1. The Hall–Kier alpha value is -2.43. The quantitative estimate of drug-likeness (QED) is 0.778. The van der Waals surface area contributed by atoms with Crippen LogP contribution in [0.5, 0.6) is 0 Å². The molecule has 0 saturated heterocycles. The maximum atomic E-state index is 11.3. The Balaban J connectivity index is 2.15. The number of nitrogens with zero attached hydrogens (tertiary/aromatic N) is 3. The molecule has 0 bridgehead atoms. The van der Waals surface area contributed by atoms with E-state index in [-0.39, 0.29) is 5.56 Å². The zero-order chi connectivity index (χ0) is 13.2. The van der Waals surface area contributed by atoms with Crippen molar-refractivity contribution in [3.05, 3.63) is 52.7 Å². The van der Waals surface area contributed by atoms with Gasteiger partial charge in [-0.3, -0.25) is 4.79 Å². The van der Waals surface area contributed by atoms with Crippen molar-refractivity contribution in [1.29, 1.82) is 0 Å². The summed E-state index contributed by atoms with van der Waals surface area (Å²) in [5.74, 6) is 0.733. The number of hydrogen-bond acceptors (Lipinski definition) is 3. The normalized spacial score (nSPS) is 11.0. The highest BCUT2D eigenvalue weighted by Crippen LogP contribution is 2.16. The fourth-order valence-electron chi connectivity index (χ4n) is 2.12. The number of H-pyrrole nitrogens is 1. The van der Waals surface area contributed by atoms with Crippen LogP contribution in [0.2, 0.25) is 0 Å². The highest BCUT2D eigenvalue weighted by Gasteiger charge is 2.07. The summed E-state index contributed by atoms with van der Waals surface area (Å²) in [4.78, 5) is 18.5. The average Bonchev–Trinajstić information content (AvgIpc) is 2.86. The first-order valence-corrected chi connectivity index (χ1v) is 6.31. The van der Waals surface area contributed by atoms with Crippen LogP contribution in [0.15, 0.2) is 41.5 Å². The van der Waals surface area contributed by atoms with Crippen molar-refractivity contribution >= 4 is 10.9 Å². The molecule has 0 aromatic carbocycles. The molecule has 5 nitrogen and oxygen atoms in total. The predicted octanol–water partition coefficient (Wildman–Crippen LogP) is 2.06. The van der Waals surface area contributed by atoms with E-state index in [9.17, 15) is 4.79 Å². The van der Waals surface area contributed by atoms with Crippen molar-refractivity contribution in [3.63, 3.8) is 0 Å². The van der Waals surface area contributed by atoms with E-state index in [1.807, 2.05) is 12.3 Å². The molecule has 3 aromatic heterocycles. The molecule has 0 atom stereocenters. The summed E-state index contributed by atoms with van der Waals surface area (Å²) in [6.45, 7) is 2.12. The first kappa shape index (κ1) is 11.6. The number of aromatic nitrogens is 4. The third-order valence-electron chi connectivity index (χ3n) is 3.00. The van der Waals surface area contributed by atoms with E-state index < -0.39 is 0 Å². The van der Waals surface area contributed by atoms with Crippen LogP contribution in [0, 0.1) is 0 Å². The Morgan fingerprint density at radius 3 is 3.00 bits per heavy atom. The number of rotatable bonds is 3. The third kappa shape index (κ3) is 2.14. The molecular formula is C14H14N4O. The number of aromatic amines is 1. The Morgan fingerprint density at radius 2 is 2.16 bits per heavy atom. The molecule has 0 spiro atoms. The van der Waals surface area contributed by atoms with E-state index in [2.05, 4.69) is 22.0 Å². The minimum absolute atomic E-state index is 0.114. The molecule has 0 radical (unpaired) electrons. The second kappa shape index (κ2) is 4.68. The fourth-order valence-corrected chi connectivity index (χ4v) is 2.12. The van der Waals surface area contributed by atoms with Crippen molar-refractivity contribution in [3.8, 4) is 5.82 Å². The van der Waals surface area contributed by atoms with Crippen LogP contribution in [0.1, 0.15) is 19.0 Å². The summed E-state index contributed by atoms with van der Waals surface area (Å²) in [6.07, 6.45) is 5.59. The Morgan fingerprint density at radius 1 is 1.26 bits per heavy atom.